The van der Waals surface area contributed by atoms with Crippen molar-refractivity contribution in [1.82, 2.24) is 16.0 Å². The third kappa shape index (κ3) is 6.05. The number of aliphatic carboxylic acids is 1. The van der Waals surface area contributed by atoms with Gasteiger partial charge in [0.1, 0.15) is 6.54 Å². The smallest absolute Gasteiger partial charge is 0.322 e. The number of carbonyl (C=O) groups is 3. The second kappa shape index (κ2) is 10.2. The van der Waals surface area contributed by atoms with Gasteiger partial charge >= 0.3 is 5.97 Å². The summed E-state index contributed by atoms with van der Waals surface area (Å²) in [5.41, 5.74) is 3.18. The van der Waals surface area contributed by atoms with E-state index in [9.17, 15) is 14.4 Å². The first-order chi connectivity index (χ1) is 14.4. The van der Waals surface area contributed by atoms with Crippen LogP contribution >= 0.6 is 11.6 Å². The van der Waals surface area contributed by atoms with Gasteiger partial charge in [-0.15, -0.1) is 0 Å². The Morgan fingerprint density at radius 1 is 1.07 bits per heavy atom. The van der Waals surface area contributed by atoms with Crippen LogP contribution in [0.3, 0.4) is 0 Å². The van der Waals surface area contributed by atoms with Crippen molar-refractivity contribution in [3.8, 4) is 0 Å². The van der Waals surface area contributed by atoms with E-state index in [-0.39, 0.29) is 30.8 Å². The molecule has 2 atom stereocenters. The number of carbonyl (C=O) groups excluding carboxylic acids is 2. The molecule has 0 radical (unpaired) electrons. The summed E-state index contributed by atoms with van der Waals surface area (Å²) < 4.78 is 0. The fraction of sp³-hybridized carbons (Fsp3) is 0.318. The van der Waals surface area contributed by atoms with Crippen LogP contribution < -0.4 is 16.0 Å². The molecule has 0 saturated carbocycles. The highest BCUT2D eigenvalue weighted by Gasteiger charge is 2.25. The van der Waals surface area contributed by atoms with Crippen molar-refractivity contribution in [3.63, 3.8) is 0 Å². The van der Waals surface area contributed by atoms with E-state index in [1.807, 2.05) is 24.3 Å². The van der Waals surface area contributed by atoms with Crippen molar-refractivity contribution >= 4 is 29.4 Å². The van der Waals surface area contributed by atoms with Crippen molar-refractivity contribution in [2.75, 3.05) is 13.1 Å². The predicted octanol–water partition coefficient (Wildman–Crippen LogP) is 1.85. The highest BCUT2D eigenvalue weighted by molar-refractivity contribution is 6.30. The summed E-state index contributed by atoms with van der Waals surface area (Å²) in [7, 11) is 0. The summed E-state index contributed by atoms with van der Waals surface area (Å²) in [6.07, 6.45) is 0.656. The summed E-state index contributed by atoms with van der Waals surface area (Å²) in [4.78, 5) is 35.6. The van der Waals surface area contributed by atoms with Gasteiger partial charge in [-0.1, -0.05) is 48.0 Å². The maximum absolute atomic E-state index is 12.7. The summed E-state index contributed by atoms with van der Waals surface area (Å²) in [5.74, 6) is -1.94. The SMILES string of the molecule is O=C(O)CNC(=O)C[C@@H](CNC(=O)[C@@H]1Cc2ccccc2CN1)c1ccc(Cl)cc1. The average molecular weight is 430 g/mol. The molecule has 1 heterocycles. The topological polar surface area (TPSA) is 108 Å². The lowest BCUT2D eigenvalue weighted by molar-refractivity contribution is -0.138. The number of rotatable bonds is 8. The lowest BCUT2D eigenvalue weighted by Gasteiger charge is -2.26. The second-order valence-electron chi connectivity index (χ2n) is 7.27. The van der Waals surface area contributed by atoms with Crippen LogP contribution in [0.25, 0.3) is 0 Å². The van der Waals surface area contributed by atoms with E-state index in [1.54, 1.807) is 24.3 Å². The fourth-order valence-corrected chi connectivity index (χ4v) is 3.63. The fourth-order valence-electron chi connectivity index (χ4n) is 3.50. The van der Waals surface area contributed by atoms with E-state index >= 15 is 0 Å². The maximum atomic E-state index is 12.7. The molecule has 7 nitrogen and oxygen atoms in total. The van der Waals surface area contributed by atoms with E-state index in [0.717, 1.165) is 11.1 Å². The molecule has 0 spiro atoms. The highest BCUT2D eigenvalue weighted by Crippen LogP contribution is 2.22. The van der Waals surface area contributed by atoms with E-state index in [1.165, 1.54) is 5.56 Å². The number of carboxylic acids is 1. The van der Waals surface area contributed by atoms with Crippen molar-refractivity contribution in [2.24, 2.45) is 0 Å². The van der Waals surface area contributed by atoms with Crippen LogP contribution in [0.2, 0.25) is 5.02 Å². The Morgan fingerprint density at radius 3 is 2.47 bits per heavy atom. The zero-order valence-electron chi connectivity index (χ0n) is 16.4. The minimum absolute atomic E-state index is 0.0517. The van der Waals surface area contributed by atoms with Crippen molar-refractivity contribution in [3.05, 3.63) is 70.2 Å². The average Bonchev–Trinajstić information content (AvgIpc) is 2.75. The van der Waals surface area contributed by atoms with Crippen LogP contribution in [0, 0.1) is 0 Å². The molecular formula is C22H24ClN3O4. The van der Waals surface area contributed by atoms with Gasteiger partial charge in [-0.3, -0.25) is 14.4 Å². The number of hydrogen-bond donors (Lipinski definition) is 4. The molecule has 1 aliphatic heterocycles. The molecule has 8 heteroatoms. The standard InChI is InChI=1S/C22H24ClN3O4/c23-18-7-5-14(6-8-18)17(10-20(27)25-13-21(28)29)12-26-22(30)19-9-15-3-1-2-4-16(15)11-24-19/h1-8,17,19,24H,9-13H2,(H,25,27)(H,26,30)(H,28,29)/t17-,19-/m0/s1. The number of benzene rings is 2. The molecule has 0 fully saturated rings. The molecule has 0 bridgehead atoms. The number of halogens is 1. The van der Waals surface area contributed by atoms with Gasteiger partial charge in [-0.05, 0) is 35.2 Å². The largest absolute Gasteiger partial charge is 0.480 e. The van der Waals surface area contributed by atoms with Gasteiger partial charge in [0.15, 0.2) is 0 Å². The Hall–Kier alpha value is -2.90. The molecule has 2 aromatic rings. The molecule has 0 unspecified atom stereocenters. The molecule has 158 valence electrons. The Labute approximate surface area is 179 Å². The quantitative estimate of drug-likeness (QED) is 0.512. The first-order valence-corrected chi connectivity index (χ1v) is 10.1. The Bertz CT molecular complexity index is 917. The Balaban J connectivity index is 1.62. The zero-order valence-corrected chi connectivity index (χ0v) is 17.1. The van der Waals surface area contributed by atoms with Gasteiger partial charge in [0.05, 0.1) is 6.04 Å². The number of carboxylic acid groups (broad SMARTS) is 1. The summed E-state index contributed by atoms with van der Waals surface area (Å²) in [6.45, 7) is 0.442. The predicted molar refractivity (Wildman–Crippen MR) is 113 cm³/mol. The summed E-state index contributed by atoms with van der Waals surface area (Å²) >= 11 is 5.95. The summed E-state index contributed by atoms with van der Waals surface area (Å²) in [6, 6.07) is 14.7. The number of nitrogens with one attached hydrogen (secondary N) is 3. The molecule has 30 heavy (non-hydrogen) atoms. The van der Waals surface area contributed by atoms with Gasteiger partial charge < -0.3 is 21.1 Å². The number of amides is 2. The van der Waals surface area contributed by atoms with E-state index in [0.29, 0.717) is 18.0 Å². The van der Waals surface area contributed by atoms with Crippen molar-refractivity contribution in [1.29, 1.82) is 0 Å². The van der Waals surface area contributed by atoms with Gasteiger partial charge in [-0.2, -0.15) is 0 Å². The first-order valence-electron chi connectivity index (χ1n) is 9.74. The molecule has 3 rings (SSSR count). The first kappa shape index (κ1) is 21.8. The van der Waals surface area contributed by atoms with Crippen LogP contribution in [0.4, 0.5) is 0 Å². The third-order valence-corrected chi connectivity index (χ3v) is 5.38. The lowest BCUT2D eigenvalue weighted by atomic mass is 9.93. The van der Waals surface area contributed by atoms with E-state index < -0.39 is 18.4 Å². The van der Waals surface area contributed by atoms with E-state index in [2.05, 4.69) is 16.0 Å². The van der Waals surface area contributed by atoms with Crippen LogP contribution in [-0.4, -0.2) is 42.0 Å². The van der Waals surface area contributed by atoms with Crippen LogP contribution in [-0.2, 0) is 27.3 Å². The van der Waals surface area contributed by atoms with Gasteiger partial charge in [0.2, 0.25) is 11.8 Å². The van der Waals surface area contributed by atoms with Gasteiger partial charge in [-0.25, -0.2) is 0 Å². The number of hydrogen-bond acceptors (Lipinski definition) is 4. The normalized spacial score (nSPS) is 16.2. The minimum Gasteiger partial charge on any atom is -0.480 e. The van der Waals surface area contributed by atoms with Crippen LogP contribution in [0.15, 0.2) is 48.5 Å². The molecule has 2 aromatic carbocycles. The molecule has 0 saturated heterocycles. The highest BCUT2D eigenvalue weighted by atomic mass is 35.5. The van der Waals surface area contributed by atoms with Gasteiger partial charge in [0.25, 0.3) is 0 Å². The number of fused-ring (bicyclic) bond motifs is 1. The van der Waals surface area contributed by atoms with E-state index in [4.69, 9.17) is 16.7 Å². The minimum atomic E-state index is -1.11. The molecule has 1 aliphatic rings. The van der Waals surface area contributed by atoms with Crippen molar-refractivity contribution < 1.29 is 19.5 Å². The Morgan fingerprint density at radius 2 is 1.77 bits per heavy atom. The summed E-state index contributed by atoms with van der Waals surface area (Å²) in [5, 5.41) is 17.9. The second-order valence-corrected chi connectivity index (χ2v) is 7.71. The van der Waals surface area contributed by atoms with Crippen molar-refractivity contribution in [2.45, 2.75) is 31.3 Å². The molecular weight excluding hydrogens is 406 g/mol. The van der Waals surface area contributed by atoms with Crippen LogP contribution in [0.5, 0.6) is 0 Å². The van der Waals surface area contributed by atoms with Crippen LogP contribution in [0.1, 0.15) is 29.0 Å². The maximum Gasteiger partial charge on any atom is 0.322 e. The lowest BCUT2D eigenvalue weighted by Crippen LogP contribution is -2.48. The molecule has 2 amide bonds. The molecule has 4 N–H and O–H groups in total. The Kier molecular flexibility index (Phi) is 7.43. The monoisotopic (exact) mass is 429 g/mol. The zero-order chi connectivity index (χ0) is 21.5. The third-order valence-electron chi connectivity index (χ3n) is 5.13. The molecule has 0 aromatic heterocycles. The molecule has 0 aliphatic carbocycles. The van der Waals surface area contributed by atoms with Gasteiger partial charge in [0, 0.05) is 30.5 Å².